The van der Waals surface area contributed by atoms with Gasteiger partial charge >= 0.3 is 17.9 Å². The normalized spacial score (nSPS) is 31.5. The van der Waals surface area contributed by atoms with E-state index in [1.807, 2.05) is 37.1 Å². The first-order valence-corrected chi connectivity index (χ1v) is 23.5. The lowest BCUT2D eigenvalue weighted by atomic mass is 9.47. The molecule has 6 heterocycles. The van der Waals surface area contributed by atoms with Crippen molar-refractivity contribution in [3.8, 4) is 5.75 Å². The minimum absolute atomic E-state index is 0.0143. The summed E-state index contributed by atoms with van der Waals surface area (Å²) in [6.07, 6.45) is 8.40. The second-order valence-electron chi connectivity index (χ2n) is 19.5. The van der Waals surface area contributed by atoms with Crippen molar-refractivity contribution in [1.29, 1.82) is 0 Å². The molecule has 6 aliphatic rings. The van der Waals surface area contributed by atoms with Gasteiger partial charge in [0.25, 0.3) is 5.69 Å². The Morgan fingerprint density at radius 1 is 1.01 bits per heavy atom. The van der Waals surface area contributed by atoms with Crippen LogP contribution in [0, 0.1) is 21.4 Å². The van der Waals surface area contributed by atoms with Crippen LogP contribution in [-0.4, -0.2) is 127 Å². The van der Waals surface area contributed by atoms with Gasteiger partial charge in [0.2, 0.25) is 0 Å². The minimum atomic E-state index is -2.02. The molecule has 352 valence electrons. The van der Waals surface area contributed by atoms with Crippen molar-refractivity contribution in [2.75, 3.05) is 65.5 Å². The summed E-state index contributed by atoms with van der Waals surface area (Å²) in [5.74, 6) is -1.33. The van der Waals surface area contributed by atoms with E-state index in [1.165, 1.54) is 43.9 Å². The number of nitrogens with one attached hydrogen (secondary N) is 1. The summed E-state index contributed by atoms with van der Waals surface area (Å²) in [6, 6.07) is 16.3. The van der Waals surface area contributed by atoms with Crippen molar-refractivity contribution in [1.82, 2.24) is 14.8 Å². The first kappa shape index (κ1) is 44.8. The number of aromatic nitrogens is 1. The third-order valence-corrected chi connectivity index (χ3v) is 16.4. The number of non-ortho nitro benzene ring substituents is 1. The molecule has 2 fully saturated rings. The molecule has 4 aromatic rings. The van der Waals surface area contributed by atoms with E-state index in [1.54, 1.807) is 7.11 Å². The smallest absolute Gasteiger partial charge is 0.338 e. The quantitative estimate of drug-likeness (QED) is 0.0589. The number of hydrogen-bond donors (Lipinski definition) is 2. The third kappa shape index (κ3) is 6.43. The van der Waals surface area contributed by atoms with Gasteiger partial charge in [0.05, 0.1) is 30.7 Å². The second kappa shape index (κ2) is 16.3. The van der Waals surface area contributed by atoms with E-state index in [-0.39, 0.29) is 23.2 Å². The summed E-state index contributed by atoms with van der Waals surface area (Å²) < 4.78 is 24.9. The van der Waals surface area contributed by atoms with E-state index >= 15 is 4.79 Å². The van der Waals surface area contributed by atoms with Gasteiger partial charge in [-0.1, -0.05) is 55.8 Å². The lowest BCUT2D eigenvalue weighted by Gasteiger charge is -2.64. The zero-order chi connectivity index (χ0) is 47.2. The molecular weight excluding hydrogens is 855 g/mol. The molecule has 5 aliphatic heterocycles. The predicted octanol–water partition coefficient (Wildman–Crippen LogP) is 6.39. The second-order valence-corrected chi connectivity index (χ2v) is 19.5. The number of H-pyrrole nitrogens is 1. The van der Waals surface area contributed by atoms with Crippen LogP contribution in [0.1, 0.15) is 79.2 Å². The Morgan fingerprint density at radius 3 is 2.49 bits per heavy atom. The highest BCUT2D eigenvalue weighted by molar-refractivity contribution is 5.94. The van der Waals surface area contributed by atoms with Crippen LogP contribution in [0.3, 0.4) is 0 Å². The molecule has 9 atom stereocenters. The molecule has 15 heteroatoms. The molecule has 3 aromatic carbocycles. The number of anilines is 1. The number of hydrogen-bond acceptors (Lipinski definition) is 13. The van der Waals surface area contributed by atoms with Crippen molar-refractivity contribution in [2.24, 2.45) is 11.3 Å². The van der Waals surface area contributed by atoms with Crippen molar-refractivity contribution >= 4 is 40.2 Å². The summed E-state index contributed by atoms with van der Waals surface area (Å²) in [7, 11) is 4.98. The van der Waals surface area contributed by atoms with Crippen molar-refractivity contribution in [3.05, 3.63) is 123 Å². The number of aromatic amines is 1. The number of nitro benzene ring substituents is 1. The number of benzene rings is 3. The Morgan fingerprint density at radius 2 is 1.79 bits per heavy atom. The molecule has 15 nitrogen and oxygen atoms in total. The molecule has 0 radical (unpaired) electrons. The Labute approximate surface area is 389 Å². The summed E-state index contributed by atoms with van der Waals surface area (Å²) in [5.41, 5.74) is 1.06. The van der Waals surface area contributed by atoms with Gasteiger partial charge in [0.15, 0.2) is 5.60 Å². The van der Waals surface area contributed by atoms with E-state index in [0.717, 1.165) is 59.5 Å². The molecule has 3 unspecified atom stereocenters. The van der Waals surface area contributed by atoms with Gasteiger partial charge in [0, 0.05) is 103 Å². The number of nitrogens with zero attached hydrogens (tertiary/aromatic N) is 4. The summed E-state index contributed by atoms with van der Waals surface area (Å²) in [6.45, 7) is 8.74. The number of rotatable bonds is 10. The van der Waals surface area contributed by atoms with E-state index in [0.29, 0.717) is 50.1 Å². The number of aliphatic hydroxyl groups is 1. The Hall–Kier alpha value is -6.03. The zero-order valence-corrected chi connectivity index (χ0v) is 39.0. The first-order valence-electron chi connectivity index (χ1n) is 23.5. The standard InChI is InChI=1S/C52H59N5O10/c1-7-32-24-33-27-51(48(60)65-6,43-37(18-22-55(28-32)29-33)36-12-9-10-13-40(36)53-43)39-25-38-41(26-42(39)64-5)54(4)46-50(38)20-23-56-21-11-19-49(8-2,45(50)56)47(67-31(3)58)52(46,61)30-66-44(59)34-14-16-35(17-15-34)57(62)63/h9-17,19,24-26,33,45-47,53,61H,7-8,18,20-23,27-30H2,1-6H3/t33-,45?,46+,47+,49+,50+,51-,52?/m0/s1. The lowest BCUT2D eigenvalue weighted by Crippen LogP contribution is -2.80. The van der Waals surface area contributed by atoms with Crippen LogP contribution in [0.5, 0.6) is 5.75 Å². The van der Waals surface area contributed by atoms with Crippen LogP contribution < -0.4 is 9.64 Å². The number of carbonyl (C=O) groups is 3. The topological polar surface area (TPSA) is 177 Å². The molecule has 10 rings (SSSR count). The fraction of sp³-hybridized carbons (Fsp3) is 0.481. The molecule has 67 heavy (non-hydrogen) atoms. The molecule has 0 amide bonds. The van der Waals surface area contributed by atoms with Crippen molar-refractivity contribution < 1.29 is 43.4 Å². The van der Waals surface area contributed by atoms with Crippen molar-refractivity contribution in [3.63, 3.8) is 0 Å². The maximum absolute atomic E-state index is 15.5. The van der Waals surface area contributed by atoms with Crippen LogP contribution in [0.15, 0.2) is 84.5 Å². The third-order valence-electron chi connectivity index (χ3n) is 16.4. The Bertz CT molecular complexity index is 2750. The molecule has 2 bridgehead atoms. The number of ether oxygens (including phenoxy) is 4. The van der Waals surface area contributed by atoms with E-state index < -0.39 is 63.4 Å². The molecule has 1 saturated carbocycles. The molecule has 2 N–H and O–H groups in total. The van der Waals surface area contributed by atoms with Gasteiger partial charge in [-0.05, 0) is 80.0 Å². The summed E-state index contributed by atoms with van der Waals surface area (Å²) in [4.78, 5) is 64.3. The highest BCUT2D eigenvalue weighted by Crippen LogP contribution is 2.68. The van der Waals surface area contributed by atoms with Gasteiger partial charge in [-0.15, -0.1) is 0 Å². The largest absolute Gasteiger partial charge is 0.496 e. The van der Waals surface area contributed by atoms with Gasteiger partial charge in [-0.25, -0.2) is 4.79 Å². The van der Waals surface area contributed by atoms with Gasteiger partial charge in [-0.3, -0.25) is 29.5 Å². The van der Waals surface area contributed by atoms with Crippen LogP contribution in [0.4, 0.5) is 11.4 Å². The maximum Gasteiger partial charge on any atom is 0.338 e. The number of likely N-dealkylation sites (N-methyl/N-ethyl adjacent to an activating group) is 1. The van der Waals surface area contributed by atoms with E-state index in [4.69, 9.17) is 18.9 Å². The average molecular weight is 914 g/mol. The monoisotopic (exact) mass is 913 g/mol. The average Bonchev–Trinajstić information content (AvgIpc) is 4.00. The summed E-state index contributed by atoms with van der Waals surface area (Å²) >= 11 is 0. The molecule has 1 saturated heterocycles. The Kier molecular flexibility index (Phi) is 10.9. The number of methoxy groups -OCH3 is 2. The predicted molar refractivity (Wildman–Crippen MR) is 250 cm³/mol. The number of esters is 3. The number of para-hydroxylation sites is 1. The number of fused-ring (bicyclic) bond motifs is 6. The van der Waals surface area contributed by atoms with Crippen LogP contribution in [0.25, 0.3) is 10.9 Å². The molecular formula is C52H59N5O10. The SMILES string of the molecule is CCC1=C[C@@H]2CN(CCc3c([nH]c4ccccc34)[C@@](C(=O)OC)(c3cc4c(cc3OC)N(C)[C@H]3C(O)(COC(=O)c5ccc([N+](=O)[O-])cc5)[C@H](OC(C)=O)[C@]5(CC)C=CCN6CC[C@]43C65)C2)C1. The van der Waals surface area contributed by atoms with Crippen molar-refractivity contribution in [2.45, 2.75) is 87.5 Å². The summed E-state index contributed by atoms with van der Waals surface area (Å²) in [5, 5.41) is 26.4. The van der Waals surface area contributed by atoms with Crippen LogP contribution in [0.2, 0.25) is 0 Å². The number of nitro groups is 1. The molecule has 1 spiro atoms. The fourth-order valence-corrected chi connectivity index (χ4v) is 14.0. The van der Waals surface area contributed by atoms with Gasteiger partial charge < -0.3 is 33.9 Å². The number of carbonyl (C=O) groups excluding carboxylic acids is 3. The highest BCUT2D eigenvalue weighted by Gasteiger charge is 2.78. The van der Waals surface area contributed by atoms with Gasteiger partial charge in [0.1, 0.15) is 23.9 Å². The van der Waals surface area contributed by atoms with E-state index in [9.17, 15) is 24.8 Å². The zero-order valence-electron chi connectivity index (χ0n) is 39.0. The van der Waals surface area contributed by atoms with Crippen LogP contribution >= 0.6 is 0 Å². The highest BCUT2D eigenvalue weighted by atomic mass is 16.6. The molecule has 1 aliphatic carbocycles. The maximum atomic E-state index is 15.5. The fourth-order valence-electron chi connectivity index (χ4n) is 14.0. The minimum Gasteiger partial charge on any atom is -0.496 e. The lowest BCUT2D eigenvalue weighted by molar-refractivity contribution is -0.384. The first-order chi connectivity index (χ1) is 32.2. The van der Waals surface area contributed by atoms with E-state index in [2.05, 4.69) is 58.1 Å². The molecule has 1 aromatic heterocycles. The Balaban J connectivity index is 1.21. The van der Waals surface area contributed by atoms with Crippen LogP contribution in [-0.2, 0) is 41.1 Å². The van der Waals surface area contributed by atoms with Gasteiger partial charge in [-0.2, -0.15) is 0 Å².